The summed E-state index contributed by atoms with van der Waals surface area (Å²) in [6.07, 6.45) is 0.809. The monoisotopic (exact) mass is 224 g/mol. The SMILES string of the molecule is O=CC12COC(=O)C1C1C(=O)OC(=O)C1C2. The van der Waals surface area contributed by atoms with E-state index in [4.69, 9.17) is 4.74 Å². The van der Waals surface area contributed by atoms with Gasteiger partial charge in [-0.1, -0.05) is 0 Å². The normalized spacial score (nSPS) is 45.0. The predicted octanol–water partition coefficient (Wildman–Crippen LogP) is -0.936. The summed E-state index contributed by atoms with van der Waals surface area (Å²) in [6, 6.07) is 0. The minimum absolute atomic E-state index is 0.0342. The molecule has 3 rings (SSSR count). The Labute approximate surface area is 89.9 Å². The summed E-state index contributed by atoms with van der Waals surface area (Å²) in [5, 5.41) is 0. The van der Waals surface area contributed by atoms with Gasteiger partial charge in [0.1, 0.15) is 12.9 Å². The quantitative estimate of drug-likeness (QED) is 0.324. The summed E-state index contributed by atoms with van der Waals surface area (Å²) in [4.78, 5) is 45.4. The predicted molar refractivity (Wildman–Crippen MR) is 45.6 cm³/mol. The summed E-state index contributed by atoms with van der Waals surface area (Å²) in [7, 11) is 0. The van der Waals surface area contributed by atoms with Gasteiger partial charge in [0.25, 0.3) is 0 Å². The highest BCUT2D eigenvalue weighted by Gasteiger charge is 2.69. The van der Waals surface area contributed by atoms with Gasteiger partial charge in [-0.05, 0) is 6.42 Å². The van der Waals surface area contributed by atoms with E-state index in [-0.39, 0.29) is 13.0 Å². The van der Waals surface area contributed by atoms with Gasteiger partial charge < -0.3 is 14.3 Å². The Bertz CT molecular complexity index is 427. The molecule has 2 aliphatic heterocycles. The van der Waals surface area contributed by atoms with E-state index in [2.05, 4.69) is 4.74 Å². The van der Waals surface area contributed by atoms with Crippen LogP contribution in [-0.2, 0) is 28.7 Å². The topological polar surface area (TPSA) is 86.7 Å². The van der Waals surface area contributed by atoms with Gasteiger partial charge >= 0.3 is 17.9 Å². The van der Waals surface area contributed by atoms with Crippen LogP contribution in [0.2, 0.25) is 0 Å². The maximum absolute atomic E-state index is 11.5. The van der Waals surface area contributed by atoms with Crippen LogP contribution in [0.15, 0.2) is 0 Å². The second-order valence-corrected chi connectivity index (χ2v) is 4.51. The fourth-order valence-corrected chi connectivity index (χ4v) is 3.01. The van der Waals surface area contributed by atoms with E-state index in [9.17, 15) is 19.2 Å². The lowest BCUT2D eigenvalue weighted by molar-refractivity contribution is -0.157. The van der Waals surface area contributed by atoms with Crippen LogP contribution in [0.3, 0.4) is 0 Å². The van der Waals surface area contributed by atoms with Crippen LogP contribution in [0.5, 0.6) is 0 Å². The van der Waals surface area contributed by atoms with Gasteiger partial charge in [0, 0.05) is 0 Å². The molecule has 2 saturated heterocycles. The van der Waals surface area contributed by atoms with E-state index in [0.29, 0.717) is 6.29 Å². The Kier molecular flexibility index (Phi) is 1.60. The molecule has 0 aromatic heterocycles. The van der Waals surface area contributed by atoms with Crippen molar-refractivity contribution in [2.24, 2.45) is 23.2 Å². The first-order chi connectivity index (χ1) is 7.59. The molecule has 16 heavy (non-hydrogen) atoms. The molecule has 0 aromatic rings. The van der Waals surface area contributed by atoms with Crippen LogP contribution in [0.1, 0.15) is 6.42 Å². The Hall–Kier alpha value is -1.72. The van der Waals surface area contributed by atoms with Crippen molar-refractivity contribution < 1.29 is 28.7 Å². The number of fused-ring (bicyclic) bond motifs is 3. The van der Waals surface area contributed by atoms with Crippen LogP contribution in [-0.4, -0.2) is 30.8 Å². The molecule has 2 heterocycles. The summed E-state index contributed by atoms with van der Waals surface area (Å²) < 4.78 is 9.29. The third-order valence-electron chi connectivity index (χ3n) is 3.76. The smallest absolute Gasteiger partial charge is 0.318 e. The van der Waals surface area contributed by atoms with Crippen LogP contribution >= 0.6 is 0 Å². The molecule has 3 aliphatic rings. The van der Waals surface area contributed by atoms with E-state index in [1.807, 2.05) is 0 Å². The fourth-order valence-electron chi connectivity index (χ4n) is 3.01. The summed E-state index contributed by atoms with van der Waals surface area (Å²) in [5.74, 6) is -4.23. The average Bonchev–Trinajstić information content (AvgIpc) is 2.82. The molecule has 3 fully saturated rings. The van der Waals surface area contributed by atoms with Crippen molar-refractivity contribution in [1.29, 1.82) is 0 Å². The van der Waals surface area contributed by atoms with Gasteiger partial charge in [-0.2, -0.15) is 0 Å². The van der Waals surface area contributed by atoms with Gasteiger partial charge in [-0.15, -0.1) is 0 Å². The fraction of sp³-hybridized carbons (Fsp3) is 0.600. The van der Waals surface area contributed by atoms with Crippen LogP contribution < -0.4 is 0 Å². The highest BCUT2D eigenvalue weighted by atomic mass is 16.6. The van der Waals surface area contributed by atoms with Crippen molar-refractivity contribution in [3.63, 3.8) is 0 Å². The molecule has 4 unspecified atom stereocenters. The largest absolute Gasteiger partial charge is 0.464 e. The van der Waals surface area contributed by atoms with Crippen molar-refractivity contribution in [2.45, 2.75) is 6.42 Å². The molecule has 6 nitrogen and oxygen atoms in total. The molecule has 1 aliphatic carbocycles. The Morgan fingerprint density at radius 1 is 1.19 bits per heavy atom. The number of ether oxygens (including phenoxy) is 2. The number of hydrogen-bond donors (Lipinski definition) is 0. The van der Waals surface area contributed by atoms with Crippen molar-refractivity contribution in [3.05, 3.63) is 0 Å². The number of carbonyl (C=O) groups excluding carboxylic acids is 4. The number of hydrogen-bond acceptors (Lipinski definition) is 6. The third kappa shape index (κ3) is 0.874. The molecule has 0 amide bonds. The lowest BCUT2D eigenvalue weighted by Gasteiger charge is -2.18. The molecule has 4 atom stereocenters. The molecular formula is C10H8O6. The Morgan fingerprint density at radius 3 is 2.62 bits per heavy atom. The summed E-state index contributed by atoms with van der Waals surface area (Å²) in [6.45, 7) is -0.0342. The number of aldehydes is 1. The van der Waals surface area contributed by atoms with Gasteiger partial charge in [-0.25, -0.2) is 0 Å². The molecular weight excluding hydrogens is 216 g/mol. The second kappa shape index (κ2) is 2.69. The average molecular weight is 224 g/mol. The lowest BCUT2D eigenvalue weighted by Crippen LogP contribution is -2.32. The Morgan fingerprint density at radius 2 is 1.94 bits per heavy atom. The number of esters is 3. The number of cyclic esters (lactones) is 3. The molecule has 6 heteroatoms. The highest BCUT2D eigenvalue weighted by Crippen LogP contribution is 2.56. The maximum Gasteiger partial charge on any atom is 0.318 e. The highest BCUT2D eigenvalue weighted by molar-refractivity contribution is 6.02. The van der Waals surface area contributed by atoms with E-state index in [0.717, 1.165) is 0 Å². The standard InChI is InChI=1S/C10H8O6/c11-2-10-1-4-5(8(13)16-7(4)12)6(10)9(14)15-3-10/h2,4-6H,1,3H2. The maximum atomic E-state index is 11.5. The first-order valence-corrected chi connectivity index (χ1v) is 4.97. The first kappa shape index (κ1) is 9.50. The van der Waals surface area contributed by atoms with Crippen molar-refractivity contribution >= 4 is 24.2 Å². The molecule has 0 aromatic carbocycles. The van der Waals surface area contributed by atoms with Crippen LogP contribution in [0.4, 0.5) is 0 Å². The molecule has 0 bridgehead atoms. The lowest BCUT2D eigenvalue weighted by atomic mass is 9.79. The minimum atomic E-state index is -0.998. The van der Waals surface area contributed by atoms with Gasteiger partial charge in [0.15, 0.2) is 0 Å². The van der Waals surface area contributed by atoms with Crippen molar-refractivity contribution in [2.75, 3.05) is 6.61 Å². The van der Waals surface area contributed by atoms with E-state index < -0.39 is 41.1 Å². The van der Waals surface area contributed by atoms with Crippen LogP contribution in [0, 0.1) is 23.2 Å². The molecule has 0 spiro atoms. The zero-order chi connectivity index (χ0) is 11.5. The number of rotatable bonds is 1. The van der Waals surface area contributed by atoms with Crippen molar-refractivity contribution in [3.8, 4) is 0 Å². The zero-order valence-electron chi connectivity index (χ0n) is 8.17. The van der Waals surface area contributed by atoms with E-state index in [1.54, 1.807) is 0 Å². The van der Waals surface area contributed by atoms with Crippen molar-refractivity contribution in [1.82, 2.24) is 0 Å². The van der Waals surface area contributed by atoms with Gasteiger partial charge in [0.2, 0.25) is 0 Å². The number of carbonyl (C=O) groups is 4. The summed E-state index contributed by atoms with van der Waals surface area (Å²) in [5.41, 5.74) is -0.998. The molecule has 0 radical (unpaired) electrons. The summed E-state index contributed by atoms with van der Waals surface area (Å²) >= 11 is 0. The third-order valence-corrected chi connectivity index (χ3v) is 3.76. The van der Waals surface area contributed by atoms with Gasteiger partial charge in [-0.3, -0.25) is 14.4 Å². The van der Waals surface area contributed by atoms with E-state index >= 15 is 0 Å². The van der Waals surface area contributed by atoms with E-state index in [1.165, 1.54) is 0 Å². The molecule has 84 valence electrons. The minimum Gasteiger partial charge on any atom is -0.464 e. The Balaban J connectivity index is 2.08. The zero-order valence-corrected chi connectivity index (χ0v) is 8.17. The van der Waals surface area contributed by atoms with Gasteiger partial charge in [0.05, 0.1) is 23.2 Å². The second-order valence-electron chi connectivity index (χ2n) is 4.51. The molecule has 0 N–H and O–H groups in total. The molecule has 1 saturated carbocycles. The first-order valence-electron chi connectivity index (χ1n) is 4.97. The van der Waals surface area contributed by atoms with Crippen LogP contribution in [0.25, 0.3) is 0 Å².